The zero-order chi connectivity index (χ0) is 54.8. The number of phosphoric acid groups is 2. The van der Waals surface area contributed by atoms with E-state index in [1.165, 1.54) is 83.5 Å². The lowest BCUT2D eigenvalue weighted by Crippen LogP contribution is -2.30. The van der Waals surface area contributed by atoms with Gasteiger partial charge in [-0.05, 0) is 25.7 Å². The van der Waals surface area contributed by atoms with Gasteiger partial charge in [-0.15, -0.1) is 0 Å². The molecule has 0 aromatic carbocycles. The van der Waals surface area contributed by atoms with Gasteiger partial charge < -0.3 is 33.8 Å². The van der Waals surface area contributed by atoms with Gasteiger partial charge in [-0.1, -0.05) is 220 Å². The molecule has 0 saturated carbocycles. The molecule has 17 nitrogen and oxygen atoms in total. The molecule has 0 heterocycles. The summed E-state index contributed by atoms with van der Waals surface area (Å²) in [7, 11) is -9.85. The van der Waals surface area contributed by atoms with Crippen LogP contribution < -0.4 is 0 Å². The maximum Gasteiger partial charge on any atom is 0.472 e. The van der Waals surface area contributed by atoms with E-state index in [1.807, 2.05) is 0 Å². The fraction of sp³-hybridized carbons (Fsp3) is 0.927. The van der Waals surface area contributed by atoms with Crippen molar-refractivity contribution < 1.29 is 80.2 Å². The standard InChI is InChI=1S/C55H106O17P2/c1-5-9-13-17-20-22-24-26-29-32-36-40-53(58)66-46-51(72-55(60)42-38-34-30-27-25-23-21-18-14-10-6-2)48-70-74(63,64)68-44-49(56)43-67-73(61,62)69-47-50(45-65-52(57)39-35-31-16-12-8-4)71-54(59)41-37-33-28-19-15-11-7-3/h49-51,56H,5-48H2,1-4H3,(H,61,62)(H,63,64)/t49-,50+,51+/m0/s1. The van der Waals surface area contributed by atoms with Crippen LogP contribution in [0.25, 0.3) is 0 Å². The van der Waals surface area contributed by atoms with Crippen molar-refractivity contribution in [2.24, 2.45) is 0 Å². The zero-order valence-corrected chi connectivity index (χ0v) is 48.6. The van der Waals surface area contributed by atoms with Crippen molar-refractivity contribution in [1.29, 1.82) is 0 Å². The Labute approximate surface area is 447 Å². The fourth-order valence-electron chi connectivity index (χ4n) is 8.04. The van der Waals surface area contributed by atoms with E-state index < -0.39 is 97.5 Å². The molecule has 2 unspecified atom stereocenters. The van der Waals surface area contributed by atoms with Crippen molar-refractivity contribution in [3.8, 4) is 0 Å². The molecule has 0 aliphatic rings. The van der Waals surface area contributed by atoms with Crippen molar-refractivity contribution in [3.63, 3.8) is 0 Å². The Bertz CT molecular complexity index is 1450. The average molecular weight is 1100 g/mol. The highest BCUT2D eigenvalue weighted by Crippen LogP contribution is 2.45. The summed E-state index contributed by atoms with van der Waals surface area (Å²) in [6.45, 7) is 4.69. The van der Waals surface area contributed by atoms with Crippen LogP contribution in [0.3, 0.4) is 0 Å². The molecule has 0 amide bonds. The molecule has 438 valence electrons. The summed E-state index contributed by atoms with van der Waals surface area (Å²) >= 11 is 0. The number of phosphoric ester groups is 2. The zero-order valence-electron chi connectivity index (χ0n) is 46.8. The first kappa shape index (κ1) is 72.1. The van der Waals surface area contributed by atoms with Crippen LogP contribution in [0.2, 0.25) is 0 Å². The number of unbranched alkanes of at least 4 members (excludes halogenated alkanes) is 30. The van der Waals surface area contributed by atoms with E-state index in [-0.39, 0.29) is 25.7 Å². The summed E-state index contributed by atoms with van der Waals surface area (Å²) in [5.74, 6) is -2.16. The van der Waals surface area contributed by atoms with Crippen molar-refractivity contribution in [2.45, 2.75) is 290 Å². The molecule has 3 N–H and O–H groups in total. The molecule has 0 aromatic heterocycles. The average Bonchev–Trinajstić information content (AvgIpc) is 3.37. The molecule has 0 aromatic rings. The second kappa shape index (κ2) is 50.6. The van der Waals surface area contributed by atoms with E-state index in [1.54, 1.807) is 0 Å². The molecule has 0 aliphatic carbocycles. The maximum absolute atomic E-state index is 12.9. The van der Waals surface area contributed by atoms with Crippen LogP contribution in [0.15, 0.2) is 0 Å². The van der Waals surface area contributed by atoms with Crippen molar-refractivity contribution in [3.05, 3.63) is 0 Å². The number of carbonyl (C=O) groups is 4. The lowest BCUT2D eigenvalue weighted by molar-refractivity contribution is -0.161. The number of aliphatic hydroxyl groups excluding tert-OH is 1. The number of carbonyl (C=O) groups excluding carboxylic acids is 4. The number of rotatable bonds is 56. The molecule has 0 aliphatic heterocycles. The Balaban J connectivity index is 5.17. The molecule has 0 saturated heterocycles. The summed E-state index contributed by atoms with van der Waals surface area (Å²) in [5.41, 5.74) is 0. The highest BCUT2D eigenvalue weighted by Gasteiger charge is 2.30. The van der Waals surface area contributed by atoms with E-state index in [2.05, 4.69) is 27.7 Å². The van der Waals surface area contributed by atoms with Crippen LogP contribution in [0, 0.1) is 0 Å². The Hall–Kier alpha value is -1.94. The van der Waals surface area contributed by atoms with Gasteiger partial charge in [-0.3, -0.25) is 37.3 Å². The second-order valence-electron chi connectivity index (χ2n) is 20.0. The summed E-state index contributed by atoms with van der Waals surface area (Å²) in [5, 5.41) is 10.4. The molecule has 19 heteroatoms. The van der Waals surface area contributed by atoms with Crippen molar-refractivity contribution in [1.82, 2.24) is 0 Å². The van der Waals surface area contributed by atoms with Crippen LogP contribution in [0.1, 0.15) is 272 Å². The molecule has 0 rings (SSSR count). The predicted octanol–water partition coefficient (Wildman–Crippen LogP) is 14.4. The summed E-state index contributed by atoms with van der Waals surface area (Å²) in [6, 6.07) is 0. The third-order valence-corrected chi connectivity index (χ3v) is 14.5. The number of ether oxygens (including phenoxy) is 4. The van der Waals surface area contributed by atoms with Gasteiger partial charge in [0.15, 0.2) is 12.2 Å². The van der Waals surface area contributed by atoms with E-state index in [9.17, 15) is 43.2 Å². The van der Waals surface area contributed by atoms with E-state index in [0.29, 0.717) is 25.7 Å². The smallest absolute Gasteiger partial charge is 0.462 e. The molecule has 0 radical (unpaired) electrons. The van der Waals surface area contributed by atoms with Crippen molar-refractivity contribution >= 4 is 39.5 Å². The van der Waals surface area contributed by atoms with Gasteiger partial charge >= 0.3 is 39.5 Å². The summed E-state index contributed by atoms with van der Waals surface area (Å²) in [4.78, 5) is 71.4. The minimum Gasteiger partial charge on any atom is -0.462 e. The molecule has 74 heavy (non-hydrogen) atoms. The van der Waals surface area contributed by atoms with Crippen molar-refractivity contribution in [2.75, 3.05) is 39.6 Å². The number of aliphatic hydroxyl groups is 1. The van der Waals surface area contributed by atoms with Gasteiger partial charge in [0.2, 0.25) is 0 Å². The lowest BCUT2D eigenvalue weighted by atomic mass is 10.1. The first-order valence-corrected chi connectivity index (χ1v) is 32.3. The topological polar surface area (TPSA) is 237 Å². The van der Waals surface area contributed by atoms with Gasteiger partial charge in [-0.25, -0.2) is 9.13 Å². The molecular weight excluding hydrogens is 995 g/mol. The van der Waals surface area contributed by atoms with Crippen LogP contribution in [0.5, 0.6) is 0 Å². The van der Waals surface area contributed by atoms with Gasteiger partial charge in [0, 0.05) is 25.7 Å². The minimum absolute atomic E-state index is 0.103. The molecule has 0 fully saturated rings. The molecule has 0 spiro atoms. The highest BCUT2D eigenvalue weighted by molar-refractivity contribution is 7.47. The largest absolute Gasteiger partial charge is 0.472 e. The molecule has 0 bridgehead atoms. The van der Waals surface area contributed by atoms with Crippen LogP contribution in [0.4, 0.5) is 0 Å². The van der Waals surface area contributed by atoms with E-state index in [4.69, 9.17) is 37.0 Å². The Morgan fingerprint density at radius 2 is 0.541 bits per heavy atom. The van der Waals surface area contributed by atoms with Gasteiger partial charge in [0.05, 0.1) is 26.4 Å². The number of esters is 4. The monoisotopic (exact) mass is 1100 g/mol. The quantitative estimate of drug-likeness (QED) is 0.0222. The normalized spacial score (nSPS) is 14.4. The predicted molar refractivity (Wildman–Crippen MR) is 289 cm³/mol. The SMILES string of the molecule is CCCCCCCCCCCCCC(=O)OC[C@H](COP(=O)(O)OC[C@@H](O)COP(=O)(O)OC[C@@H](COC(=O)CCCCCCC)OC(=O)CCCCCCCCC)OC(=O)CCCCCCCCCCCCC. The van der Waals surface area contributed by atoms with Crippen LogP contribution >= 0.6 is 15.6 Å². The summed E-state index contributed by atoms with van der Waals surface area (Å²) in [6.07, 6.45) is 32.5. The van der Waals surface area contributed by atoms with Gasteiger partial charge in [-0.2, -0.15) is 0 Å². The third kappa shape index (κ3) is 49.6. The fourth-order valence-corrected chi connectivity index (χ4v) is 9.62. The van der Waals surface area contributed by atoms with Crippen LogP contribution in [-0.4, -0.2) is 96.7 Å². The first-order chi connectivity index (χ1) is 35.7. The van der Waals surface area contributed by atoms with E-state index in [0.717, 1.165) is 109 Å². The number of hydrogen-bond donors (Lipinski definition) is 3. The molecular formula is C55H106O17P2. The first-order valence-electron chi connectivity index (χ1n) is 29.3. The lowest BCUT2D eigenvalue weighted by Gasteiger charge is -2.21. The Morgan fingerprint density at radius 1 is 0.324 bits per heavy atom. The van der Waals surface area contributed by atoms with Gasteiger partial charge in [0.1, 0.15) is 19.3 Å². The van der Waals surface area contributed by atoms with E-state index >= 15 is 0 Å². The third-order valence-electron chi connectivity index (χ3n) is 12.6. The van der Waals surface area contributed by atoms with Crippen LogP contribution in [-0.2, 0) is 65.4 Å². The Kier molecular flexibility index (Phi) is 49.2. The molecule has 5 atom stereocenters. The van der Waals surface area contributed by atoms with Gasteiger partial charge in [0.25, 0.3) is 0 Å². The second-order valence-corrected chi connectivity index (χ2v) is 22.9. The highest BCUT2D eigenvalue weighted by atomic mass is 31.2. The maximum atomic E-state index is 12.9. The minimum atomic E-state index is -4.93. The Morgan fingerprint density at radius 3 is 0.797 bits per heavy atom. The number of hydrogen-bond acceptors (Lipinski definition) is 15. The summed E-state index contributed by atoms with van der Waals surface area (Å²) < 4.78 is 67.3.